The molecule has 2 nitrogen and oxygen atoms in total. The number of halogens is 8. The molecule has 0 amide bonds. The molecule has 4 aromatic carbocycles. The smallest absolute Gasteiger partial charge is 0.399 e. The number of rotatable bonds is 3. The molecule has 0 saturated carbocycles. The second kappa shape index (κ2) is 8.85. The van der Waals surface area contributed by atoms with Crippen molar-refractivity contribution in [1.82, 2.24) is 0 Å². The maximum atomic E-state index is 15.6. The van der Waals surface area contributed by atoms with Gasteiger partial charge in [0.15, 0.2) is 0 Å². The topological polar surface area (TPSA) is 52.0 Å². The Morgan fingerprint density at radius 2 is 1.00 bits per heavy atom. The van der Waals surface area contributed by atoms with Crippen molar-refractivity contribution >= 4 is 11.4 Å². The summed E-state index contributed by atoms with van der Waals surface area (Å²) in [5, 5.41) is 0. The highest BCUT2D eigenvalue weighted by Crippen LogP contribution is 2.43. The average molecular weight is 508 g/mol. The van der Waals surface area contributed by atoms with Gasteiger partial charge in [0.1, 0.15) is 11.6 Å². The Hall–Kier alpha value is -4.08. The van der Waals surface area contributed by atoms with E-state index in [4.69, 9.17) is 11.5 Å². The maximum absolute atomic E-state index is 15.6. The molecule has 0 bridgehead atoms. The second-order valence-electron chi connectivity index (χ2n) is 7.97. The first-order valence-electron chi connectivity index (χ1n) is 10.3. The van der Waals surface area contributed by atoms with Gasteiger partial charge in [-0.3, -0.25) is 0 Å². The van der Waals surface area contributed by atoms with Crippen molar-refractivity contribution in [1.29, 1.82) is 0 Å². The van der Waals surface area contributed by atoms with Crippen LogP contribution >= 0.6 is 0 Å². The molecule has 0 aliphatic heterocycles. The first kappa shape index (κ1) is 25.0. The van der Waals surface area contributed by atoms with Crippen molar-refractivity contribution in [3.05, 3.63) is 95.6 Å². The number of benzene rings is 4. The Morgan fingerprint density at radius 1 is 0.500 bits per heavy atom. The third-order valence-corrected chi connectivity index (χ3v) is 5.55. The van der Waals surface area contributed by atoms with E-state index in [9.17, 15) is 30.7 Å². The highest BCUT2D eigenvalue weighted by molar-refractivity contribution is 5.81. The SMILES string of the molecule is Nc1ccc(-c2cc(-c3cccc(-c4ccc(N)cc4C(F)(F)F)c3F)ccc2F)c(C(F)(F)F)c1. The van der Waals surface area contributed by atoms with E-state index < -0.39 is 57.4 Å². The van der Waals surface area contributed by atoms with E-state index in [1.807, 2.05) is 0 Å². The number of nitrogen functional groups attached to an aromatic ring is 2. The lowest BCUT2D eigenvalue weighted by atomic mass is 9.92. The van der Waals surface area contributed by atoms with Crippen LogP contribution in [0, 0.1) is 11.6 Å². The van der Waals surface area contributed by atoms with Crippen LogP contribution in [0.15, 0.2) is 72.8 Å². The zero-order chi connectivity index (χ0) is 26.4. The van der Waals surface area contributed by atoms with Crippen LogP contribution in [0.3, 0.4) is 0 Å². The van der Waals surface area contributed by atoms with Gasteiger partial charge < -0.3 is 11.5 Å². The van der Waals surface area contributed by atoms with Crippen LogP contribution in [-0.2, 0) is 12.4 Å². The highest BCUT2D eigenvalue weighted by atomic mass is 19.4. The molecule has 4 aromatic rings. The van der Waals surface area contributed by atoms with Crippen LogP contribution in [0.4, 0.5) is 46.5 Å². The molecule has 4 N–H and O–H groups in total. The van der Waals surface area contributed by atoms with E-state index in [0.29, 0.717) is 12.1 Å². The third-order valence-electron chi connectivity index (χ3n) is 5.55. The maximum Gasteiger partial charge on any atom is 0.417 e. The van der Waals surface area contributed by atoms with Gasteiger partial charge in [-0.2, -0.15) is 26.3 Å². The van der Waals surface area contributed by atoms with Gasteiger partial charge in [-0.1, -0.05) is 36.4 Å². The van der Waals surface area contributed by atoms with Crippen LogP contribution < -0.4 is 11.5 Å². The van der Waals surface area contributed by atoms with Crippen LogP contribution in [0.2, 0.25) is 0 Å². The molecule has 0 heterocycles. The Morgan fingerprint density at radius 3 is 1.53 bits per heavy atom. The summed E-state index contributed by atoms with van der Waals surface area (Å²) in [6.07, 6.45) is -9.69. The van der Waals surface area contributed by atoms with Crippen molar-refractivity contribution < 1.29 is 35.1 Å². The summed E-state index contributed by atoms with van der Waals surface area (Å²) < 4.78 is 112. The van der Waals surface area contributed by atoms with Gasteiger partial charge in [-0.15, -0.1) is 0 Å². The van der Waals surface area contributed by atoms with Crippen LogP contribution in [-0.4, -0.2) is 0 Å². The summed E-state index contributed by atoms with van der Waals surface area (Å²) in [6.45, 7) is 0. The molecule has 0 unspecified atom stereocenters. The number of anilines is 2. The number of hydrogen-bond acceptors (Lipinski definition) is 2. The predicted octanol–water partition coefficient (Wildman–Crippen LogP) is 8.17. The van der Waals surface area contributed by atoms with Crippen LogP contribution in [0.1, 0.15) is 11.1 Å². The molecule has 10 heteroatoms. The van der Waals surface area contributed by atoms with Gasteiger partial charge in [-0.05, 0) is 53.1 Å². The Bertz CT molecular complexity index is 1460. The van der Waals surface area contributed by atoms with Gasteiger partial charge in [0.25, 0.3) is 0 Å². The van der Waals surface area contributed by atoms with Gasteiger partial charge in [0, 0.05) is 28.1 Å². The fourth-order valence-corrected chi connectivity index (χ4v) is 3.92. The molecule has 0 aromatic heterocycles. The normalized spacial score (nSPS) is 12.1. The molecule has 0 aliphatic rings. The quantitative estimate of drug-likeness (QED) is 0.217. The zero-order valence-corrected chi connectivity index (χ0v) is 18.1. The number of hydrogen-bond donors (Lipinski definition) is 2. The van der Waals surface area contributed by atoms with E-state index >= 15 is 4.39 Å². The van der Waals surface area contributed by atoms with Crippen molar-refractivity contribution in [2.24, 2.45) is 0 Å². The van der Waals surface area contributed by atoms with Gasteiger partial charge in [-0.25, -0.2) is 8.78 Å². The molecule has 186 valence electrons. The Balaban J connectivity index is 1.91. The summed E-state index contributed by atoms with van der Waals surface area (Å²) in [5.41, 5.74) is 6.09. The summed E-state index contributed by atoms with van der Waals surface area (Å²) in [7, 11) is 0. The molecule has 0 radical (unpaired) electrons. The summed E-state index contributed by atoms with van der Waals surface area (Å²) in [4.78, 5) is 0. The monoisotopic (exact) mass is 508 g/mol. The minimum absolute atomic E-state index is 0.0419. The molecule has 0 atom stereocenters. The molecule has 36 heavy (non-hydrogen) atoms. The molecular formula is C26H16F8N2. The lowest BCUT2D eigenvalue weighted by molar-refractivity contribution is -0.137. The molecule has 0 aliphatic carbocycles. The lowest BCUT2D eigenvalue weighted by Crippen LogP contribution is -2.09. The minimum Gasteiger partial charge on any atom is -0.399 e. The van der Waals surface area contributed by atoms with Gasteiger partial charge >= 0.3 is 12.4 Å². The van der Waals surface area contributed by atoms with E-state index in [-0.39, 0.29) is 22.5 Å². The van der Waals surface area contributed by atoms with Crippen molar-refractivity contribution in [3.63, 3.8) is 0 Å². The minimum atomic E-state index is -4.86. The zero-order valence-electron chi connectivity index (χ0n) is 18.1. The lowest BCUT2D eigenvalue weighted by Gasteiger charge is -2.17. The second-order valence-corrected chi connectivity index (χ2v) is 7.97. The standard InChI is InChI=1S/C26H16F8N2/c27-23-9-4-13(10-20(23)18-8-6-15(36)12-22(18)26(32,33)34)16-2-1-3-19(24(16)28)17-7-5-14(35)11-21(17)25(29,30)31/h1-12H,35-36H2. The Kier molecular flexibility index (Phi) is 6.15. The van der Waals surface area contributed by atoms with Gasteiger partial charge in [0.05, 0.1) is 11.1 Å². The number of alkyl halides is 6. The van der Waals surface area contributed by atoms with E-state index in [1.54, 1.807) is 0 Å². The van der Waals surface area contributed by atoms with Crippen molar-refractivity contribution in [3.8, 4) is 33.4 Å². The summed E-state index contributed by atoms with van der Waals surface area (Å²) in [6, 6.07) is 12.3. The fourth-order valence-electron chi connectivity index (χ4n) is 3.92. The largest absolute Gasteiger partial charge is 0.417 e. The van der Waals surface area contributed by atoms with Gasteiger partial charge in [0.2, 0.25) is 0 Å². The van der Waals surface area contributed by atoms with Crippen LogP contribution in [0.5, 0.6) is 0 Å². The van der Waals surface area contributed by atoms with Crippen molar-refractivity contribution in [2.75, 3.05) is 11.5 Å². The van der Waals surface area contributed by atoms with E-state index in [1.165, 1.54) is 18.2 Å². The molecule has 0 spiro atoms. The van der Waals surface area contributed by atoms with Crippen molar-refractivity contribution in [2.45, 2.75) is 12.4 Å². The summed E-state index contributed by atoms with van der Waals surface area (Å²) in [5.74, 6) is -2.08. The molecule has 0 fully saturated rings. The number of nitrogens with two attached hydrogens (primary N) is 2. The fraction of sp³-hybridized carbons (Fsp3) is 0.0769. The predicted molar refractivity (Wildman–Crippen MR) is 121 cm³/mol. The average Bonchev–Trinajstić information content (AvgIpc) is 2.79. The first-order chi connectivity index (χ1) is 16.8. The summed E-state index contributed by atoms with van der Waals surface area (Å²) >= 11 is 0. The third kappa shape index (κ3) is 4.71. The Labute approximate surface area is 199 Å². The first-order valence-corrected chi connectivity index (χ1v) is 10.3. The van der Waals surface area contributed by atoms with E-state index in [2.05, 4.69) is 0 Å². The molecular weight excluding hydrogens is 492 g/mol. The van der Waals surface area contributed by atoms with E-state index in [0.717, 1.165) is 42.5 Å². The highest BCUT2D eigenvalue weighted by Gasteiger charge is 2.36. The molecule has 0 saturated heterocycles. The molecule has 4 rings (SSSR count). The van der Waals surface area contributed by atoms with Crippen LogP contribution in [0.25, 0.3) is 33.4 Å².